The summed E-state index contributed by atoms with van der Waals surface area (Å²) in [4.78, 5) is 0.272. The van der Waals surface area contributed by atoms with Gasteiger partial charge in [0.25, 0.3) is 0 Å². The van der Waals surface area contributed by atoms with Gasteiger partial charge in [-0.15, -0.1) is 0 Å². The highest BCUT2D eigenvalue weighted by atomic mass is 32.2. The Bertz CT molecular complexity index is 670. The first kappa shape index (κ1) is 18.2. The zero-order chi connectivity index (χ0) is 17.3. The normalized spacial score (nSPS) is 23.0. The van der Waals surface area contributed by atoms with Crippen LogP contribution >= 0.6 is 0 Å². The molecule has 1 aliphatic rings. The summed E-state index contributed by atoms with van der Waals surface area (Å²) < 4.78 is 27.5. The molecule has 6 nitrogen and oxygen atoms in total. The van der Waals surface area contributed by atoms with Crippen molar-refractivity contribution in [1.82, 2.24) is 14.5 Å². The van der Waals surface area contributed by atoms with Gasteiger partial charge in [-0.25, -0.2) is 8.42 Å². The fourth-order valence-corrected chi connectivity index (χ4v) is 5.12. The number of aromatic nitrogens is 2. The minimum Gasteiger partial charge on any atom is -0.396 e. The Morgan fingerprint density at radius 3 is 2.65 bits per heavy atom. The van der Waals surface area contributed by atoms with Crippen LogP contribution in [0.4, 0.5) is 0 Å². The van der Waals surface area contributed by atoms with Crippen LogP contribution in [0.15, 0.2) is 16.5 Å². The van der Waals surface area contributed by atoms with Gasteiger partial charge in [-0.05, 0) is 47.0 Å². The zero-order valence-electron chi connectivity index (χ0n) is 14.4. The van der Waals surface area contributed by atoms with Gasteiger partial charge in [0.05, 0.1) is 18.0 Å². The van der Waals surface area contributed by atoms with Gasteiger partial charge in [-0.3, -0.25) is 5.10 Å². The summed E-state index contributed by atoms with van der Waals surface area (Å²) in [7, 11) is -3.59. The average Bonchev–Trinajstić information content (AvgIpc) is 2.85. The molecule has 7 heteroatoms. The molecule has 2 rings (SSSR count). The Morgan fingerprint density at radius 1 is 1.43 bits per heavy atom. The summed E-state index contributed by atoms with van der Waals surface area (Å²) in [6.07, 6.45) is 4.37. The third-order valence-corrected chi connectivity index (χ3v) is 6.67. The van der Waals surface area contributed by atoms with E-state index in [2.05, 4.69) is 16.3 Å². The zero-order valence-corrected chi connectivity index (χ0v) is 15.2. The van der Waals surface area contributed by atoms with Crippen molar-refractivity contribution in [2.24, 2.45) is 5.41 Å². The molecule has 1 saturated heterocycles. The fraction of sp³-hybridized carbons (Fsp3) is 0.688. The molecule has 1 aliphatic heterocycles. The van der Waals surface area contributed by atoms with Gasteiger partial charge in [0, 0.05) is 18.5 Å². The van der Waals surface area contributed by atoms with E-state index in [1.165, 1.54) is 9.88 Å². The molecular formula is C16H27N3O3S. The number of nitrogens with zero attached hydrogens (tertiary/aromatic N) is 2. The lowest BCUT2D eigenvalue weighted by molar-refractivity contribution is 0.0667. The van der Waals surface area contributed by atoms with Crippen LogP contribution in [0.2, 0.25) is 0 Å². The number of piperidine rings is 1. The van der Waals surface area contributed by atoms with E-state index >= 15 is 0 Å². The van der Waals surface area contributed by atoms with Gasteiger partial charge in [0.15, 0.2) is 0 Å². The molecule has 23 heavy (non-hydrogen) atoms. The smallest absolute Gasteiger partial charge is 0.246 e. The van der Waals surface area contributed by atoms with E-state index in [9.17, 15) is 13.5 Å². The number of aromatic amines is 1. The summed E-state index contributed by atoms with van der Waals surface area (Å²) in [6.45, 7) is 8.28. The van der Waals surface area contributed by atoms with Crippen LogP contribution < -0.4 is 0 Å². The maximum Gasteiger partial charge on any atom is 0.246 e. The highest BCUT2D eigenvalue weighted by Crippen LogP contribution is 2.36. The van der Waals surface area contributed by atoms with Crippen molar-refractivity contribution in [3.8, 4) is 0 Å². The van der Waals surface area contributed by atoms with Gasteiger partial charge in [-0.2, -0.15) is 9.40 Å². The predicted molar refractivity (Wildman–Crippen MR) is 89.6 cm³/mol. The van der Waals surface area contributed by atoms with E-state index in [0.29, 0.717) is 30.9 Å². The van der Waals surface area contributed by atoms with E-state index in [1.807, 2.05) is 13.8 Å². The summed E-state index contributed by atoms with van der Waals surface area (Å²) in [5.74, 6) is 0. The van der Waals surface area contributed by atoms with E-state index in [-0.39, 0.29) is 11.5 Å². The van der Waals surface area contributed by atoms with Crippen molar-refractivity contribution in [3.63, 3.8) is 0 Å². The first-order chi connectivity index (χ1) is 10.7. The van der Waals surface area contributed by atoms with Crippen molar-refractivity contribution in [2.45, 2.75) is 51.9 Å². The summed E-state index contributed by atoms with van der Waals surface area (Å²) in [6, 6.07) is 0. The molecular weight excluding hydrogens is 314 g/mol. The predicted octanol–water partition coefficient (Wildman–Crippen LogP) is 2.15. The highest BCUT2D eigenvalue weighted by molar-refractivity contribution is 7.89. The molecule has 0 radical (unpaired) electrons. The number of aliphatic hydroxyl groups excluding tert-OH is 1. The quantitative estimate of drug-likeness (QED) is 0.804. The van der Waals surface area contributed by atoms with Crippen molar-refractivity contribution in [1.29, 1.82) is 0 Å². The number of aliphatic hydroxyl groups is 1. The van der Waals surface area contributed by atoms with Gasteiger partial charge >= 0.3 is 0 Å². The van der Waals surface area contributed by atoms with Crippen molar-refractivity contribution >= 4 is 10.0 Å². The molecule has 1 unspecified atom stereocenters. The maximum atomic E-state index is 13.0. The molecule has 1 fully saturated rings. The average molecular weight is 341 g/mol. The van der Waals surface area contributed by atoms with Gasteiger partial charge in [0.2, 0.25) is 10.0 Å². The van der Waals surface area contributed by atoms with Crippen molar-refractivity contribution in [3.05, 3.63) is 23.0 Å². The number of sulfonamides is 1. The molecule has 0 aliphatic carbocycles. The van der Waals surface area contributed by atoms with E-state index in [0.717, 1.165) is 12.8 Å². The van der Waals surface area contributed by atoms with Crippen molar-refractivity contribution in [2.75, 3.05) is 19.7 Å². The van der Waals surface area contributed by atoms with Crippen LogP contribution in [0.25, 0.3) is 0 Å². The lowest BCUT2D eigenvalue weighted by Crippen LogP contribution is -2.47. The molecule has 0 aromatic carbocycles. The number of rotatable bonds is 5. The van der Waals surface area contributed by atoms with Gasteiger partial charge in [-0.1, -0.05) is 11.6 Å². The second kappa shape index (κ2) is 6.75. The third kappa shape index (κ3) is 3.67. The SMILES string of the molecule is CC(C)=CCC1(CO)CCCN(S(=O)(=O)c2c(C)n[nH]c2C)C1. The third-order valence-electron chi connectivity index (χ3n) is 4.56. The number of allylic oxidation sites excluding steroid dienone is 2. The molecule has 0 saturated carbocycles. The van der Waals surface area contributed by atoms with E-state index < -0.39 is 15.4 Å². The van der Waals surface area contributed by atoms with Crippen LogP contribution in [-0.4, -0.2) is 47.7 Å². The Balaban J connectivity index is 2.31. The standard InChI is InChI=1S/C16H27N3O3S/c1-12(2)6-8-16(11-20)7-5-9-19(10-16)23(21,22)15-13(3)17-18-14(15)4/h6,20H,5,7-11H2,1-4H3,(H,17,18). The molecule has 2 N–H and O–H groups in total. The molecule has 1 aromatic heterocycles. The first-order valence-corrected chi connectivity index (χ1v) is 9.42. The summed E-state index contributed by atoms with van der Waals surface area (Å²) in [5, 5.41) is 16.7. The van der Waals surface area contributed by atoms with Crippen molar-refractivity contribution < 1.29 is 13.5 Å². The Morgan fingerprint density at radius 2 is 2.13 bits per heavy atom. The summed E-state index contributed by atoms with van der Waals surface area (Å²) >= 11 is 0. The van der Waals surface area contributed by atoms with E-state index in [4.69, 9.17) is 0 Å². The number of hydrogen-bond acceptors (Lipinski definition) is 4. The highest BCUT2D eigenvalue weighted by Gasteiger charge is 2.40. The lowest BCUT2D eigenvalue weighted by atomic mass is 9.78. The Kier molecular flexibility index (Phi) is 5.33. The topological polar surface area (TPSA) is 86.3 Å². The van der Waals surface area contributed by atoms with Crippen LogP contribution in [0.5, 0.6) is 0 Å². The second-order valence-electron chi connectivity index (χ2n) is 6.85. The molecule has 0 bridgehead atoms. The molecule has 0 amide bonds. The Hall–Kier alpha value is -1.18. The number of hydrogen-bond donors (Lipinski definition) is 2. The fourth-order valence-electron chi connectivity index (χ4n) is 3.20. The van der Waals surface area contributed by atoms with Crippen LogP contribution in [0.1, 0.15) is 44.5 Å². The molecule has 0 spiro atoms. The summed E-state index contributed by atoms with van der Waals surface area (Å²) in [5.41, 5.74) is 1.84. The van der Waals surface area contributed by atoms with Crippen LogP contribution in [-0.2, 0) is 10.0 Å². The molecule has 1 aromatic rings. The first-order valence-electron chi connectivity index (χ1n) is 7.98. The van der Waals surface area contributed by atoms with Gasteiger partial charge in [0.1, 0.15) is 4.90 Å². The molecule has 1 atom stereocenters. The number of H-pyrrole nitrogens is 1. The van der Waals surface area contributed by atoms with Crippen LogP contribution in [0.3, 0.4) is 0 Å². The minimum absolute atomic E-state index is 0.00779. The largest absolute Gasteiger partial charge is 0.396 e. The maximum absolute atomic E-state index is 13.0. The Labute approximate surface area is 138 Å². The molecule has 130 valence electrons. The van der Waals surface area contributed by atoms with Crippen LogP contribution in [0, 0.1) is 19.3 Å². The monoisotopic (exact) mass is 341 g/mol. The molecule has 2 heterocycles. The minimum atomic E-state index is -3.59. The van der Waals surface area contributed by atoms with E-state index in [1.54, 1.807) is 13.8 Å². The number of aryl methyl sites for hydroxylation is 2. The number of nitrogens with one attached hydrogen (secondary N) is 1. The lowest BCUT2D eigenvalue weighted by Gasteiger charge is -2.40. The second-order valence-corrected chi connectivity index (χ2v) is 8.72. The van der Waals surface area contributed by atoms with Gasteiger partial charge < -0.3 is 5.11 Å².